The number of hydrogen-bond acceptors (Lipinski definition) is 3. The molecule has 1 heterocycles. The predicted octanol–water partition coefficient (Wildman–Crippen LogP) is 0.624. The van der Waals surface area contributed by atoms with Crippen molar-refractivity contribution in [2.45, 2.75) is 24.8 Å². The van der Waals surface area contributed by atoms with Gasteiger partial charge in [-0.2, -0.15) is 5.10 Å². The molecule has 1 aromatic rings. The van der Waals surface area contributed by atoms with E-state index in [9.17, 15) is 4.79 Å². The normalized spacial score (nSPS) is 18.2. The van der Waals surface area contributed by atoms with Crippen molar-refractivity contribution in [2.24, 2.45) is 0 Å². The lowest BCUT2D eigenvalue weighted by Gasteiger charge is -2.47. The first-order valence-electron chi connectivity index (χ1n) is 5.58. The van der Waals surface area contributed by atoms with E-state index >= 15 is 0 Å². The Morgan fingerprint density at radius 3 is 2.81 bits per heavy atom. The second-order valence-electron chi connectivity index (χ2n) is 4.64. The molecule has 1 aliphatic rings. The number of aromatic amines is 1. The molecule has 0 aromatic carbocycles. The molecule has 1 amide bonds. The van der Waals surface area contributed by atoms with Crippen LogP contribution >= 0.6 is 0 Å². The third-order valence-corrected chi connectivity index (χ3v) is 3.57. The first-order valence-corrected chi connectivity index (χ1v) is 5.58. The van der Waals surface area contributed by atoms with E-state index in [1.165, 1.54) is 6.42 Å². The summed E-state index contributed by atoms with van der Waals surface area (Å²) in [6, 6.07) is 0. The van der Waals surface area contributed by atoms with Crippen molar-refractivity contribution < 1.29 is 4.79 Å². The van der Waals surface area contributed by atoms with Gasteiger partial charge in [0.05, 0.1) is 11.8 Å². The van der Waals surface area contributed by atoms with Crippen LogP contribution in [0.2, 0.25) is 0 Å². The minimum absolute atomic E-state index is 0.0538. The fourth-order valence-corrected chi connectivity index (χ4v) is 2.09. The lowest BCUT2D eigenvalue weighted by Crippen LogP contribution is -2.57. The SMILES string of the molecule is CN(C)C1(CNC(=O)c2cn[nH]c2)CCC1. The highest BCUT2D eigenvalue weighted by Gasteiger charge is 2.39. The highest BCUT2D eigenvalue weighted by Crippen LogP contribution is 2.35. The summed E-state index contributed by atoms with van der Waals surface area (Å²) in [7, 11) is 4.15. The molecule has 0 atom stereocenters. The average molecular weight is 222 g/mol. The largest absolute Gasteiger partial charge is 0.350 e. The smallest absolute Gasteiger partial charge is 0.254 e. The second-order valence-corrected chi connectivity index (χ2v) is 4.64. The van der Waals surface area contributed by atoms with Crippen molar-refractivity contribution in [1.29, 1.82) is 0 Å². The van der Waals surface area contributed by atoms with Crippen molar-refractivity contribution >= 4 is 5.91 Å². The standard InChI is InChI=1S/C11H18N4O/c1-15(2)11(4-3-5-11)8-12-10(16)9-6-13-14-7-9/h6-7H,3-5,8H2,1-2H3,(H,12,16)(H,13,14). The molecule has 16 heavy (non-hydrogen) atoms. The molecule has 0 unspecified atom stereocenters. The summed E-state index contributed by atoms with van der Waals surface area (Å²) in [6.45, 7) is 0.712. The van der Waals surface area contributed by atoms with Crippen molar-refractivity contribution in [3.63, 3.8) is 0 Å². The molecule has 0 saturated heterocycles. The minimum Gasteiger partial charge on any atom is -0.350 e. The van der Waals surface area contributed by atoms with E-state index in [4.69, 9.17) is 0 Å². The first-order chi connectivity index (χ1) is 7.64. The Morgan fingerprint density at radius 2 is 2.38 bits per heavy atom. The van der Waals surface area contributed by atoms with Crippen LogP contribution < -0.4 is 5.32 Å². The van der Waals surface area contributed by atoms with E-state index < -0.39 is 0 Å². The number of likely N-dealkylation sites (N-methyl/N-ethyl adjacent to an activating group) is 1. The molecule has 88 valence electrons. The molecule has 1 saturated carbocycles. The molecular weight excluding hydrogens is 204 g/mol. The van der Waals surface area contributed by atoms with Gasteiger partial charge in [-0.25, -0.2) is 0 Å². The quantitative estimate of drug-likeness (QED) is 0.785. The van der Waals surface area contributed by atoms with Gasteiger partial charge in [-0.3, -0.25) is 9.89 Å². The molecule has 0 spiro atoms. The molecule has 0 aliphatic heterocycles. The minimum atomic E-state index is -0.0538. The summed E-state index contributed by atoms with van der Waals surface area (Å²) in [5, 5.41) is 9.37. The zero-order valence-electron chi connectivity index (χ0n) is 9.79. The number of amides is 1. The summed E-state index contributed by atoms with van der Waals surface area (Å²) in [6.07, 6.45) is 6.72. The van der Waals surface area contributed by atoms with E-state index in [0.29, 0.717) is 12.1 Å². The summed E-state index contributed by atoms with van der Waals surface area (Å²) in [5.41, 5.74) is 0.757. The number of hydrogen-bond donors (Lipinski definition) is 2. The number of H-pyrrole nitrogens is 1. The maximum Gasteiger partial charge on any atom is 0.254 e. The van der Waals surface area contributed by atoms with Crippen LogP contribution in [0.5, 0.6) is 0 Å². The summed E-state index contributed by atoms with van der Waals surface area (Å²) >= 11 is 0. The lowest BCUT2D eigenvalue weighted by molar-refractivity contribution is 0.0557. The summed E-state index contributed by atoms with van der Waals surface area (Å²) < 4.78 is 0. The number of aromatic nitrogens is 2. The van der Waals surface area contributed by atoms with E-state index in [1.807, 2.05) is 0 Å². The number of nitrogens with zero attached hydrogens (tertiary/aromatic N) is 2. The Kier molecular flexibility index (Phi) is 2.96. The van der Waals surface area contributed by atoms with Gasteiger partial charge in [0, 0.05) is 18.3 Å². The van der Waals surface area contributed by atoms with Crippen molar-refractivity contribution in [3.8, 4) is 0 Å². The Bertz CT molecular complexity index is 354. The van der Waals surface area contributed by atoms with Gasteiger partial charge in [-0.15, -0.1) is 0 Å². The number of carbonyl (C=O) groups excluding carboxylic acids is 1. The Morgan fingerprint density at radius 1 is 1.62 bits per heavy atom. The van der Waals surface area contributed by atoms with Gasteiger partial charge in [-0.1, -0.05) is 0 Å². The van der Waals surface area contributed by atoms with Gasteiger partial charge >= 0.3 is 0 Å². The summed E-state index contributed by atoms with van der Waals surface area (Å²) in [4.78, 5) is 13.9. The molecule has 1 aliphatic carbocycles. The van der Waals surface area contributed by atoms with E-state index in [-0.39, 0.29) is 11.4 Å². The highest BCUT2D eigenvalue weighted by molar-refractivity contribution is 5.93. The topological polar surface area (TPSA) is 61.0 Å². The highest BCUT2D eigenvalue weighted by atomic mass is 16.1. The molecule has 1 fully saturated rings. The van der Waals surface area contributed by atoms with Gasteiger partial charge in [0.25, 0.3) is 5.91 Å². The van der Waals surface area contributed by atoms with E-state index in [2.05, 4.69) is 34.5 Å². The fraction of sp³-hybridized carbons (Fsp3) is 0.636. The van der Waals surface area contributed by atoms with Gasteiger partial charge in [0.2, 0.25) is 0 Å². The molecular formula is C11H18N4O. The number of carbonyl (C=O) groups is 1. The van der Waals surface area contributed by atoms with Crippen LogP contribution in [0.15, 0.2) is 12.4 Å². The maximum absolute atomic E-state index is 11.7. The molecule has 2 N–H and O–H groups in total. The van der Waals surface area contributed by atoms with Crippen molar-refractivity contribution in [2.75, 3.05) is 20.6 Å². The maximum atomic E-state index is 11.7. The molecule has 2 rings (SSSR count). The fourth-order valence-electron chi connectivity index (χ4n) is 2.09. The molecule has 0 radical (unpaired) electrons. The Labute approximate surface area is 95.2 Å². The predicted molar refractivity (Wildman–Crippen MR) is 61.2 cm³/mol. The van der Waals surface area contributed by atoms with Crippen LogP contribution in [-0.2, 0) is 0 Å². The van der Waals surface area contributed by atoms with E-state index in [1.54, 1.807) is 12.4 Å². The van der Waals surface area contributed by atoms with Gasteiger partial charge in [0.15, 0.2) is 0 Å². The van der Waals surface area contributed by atoms with Crippen molar-refractivity contribution in [1.82, 2.24) is 20.4 Å². The third kappa shape index (κ3) is 1.95. The zero-order valence-corrected chi connectivity index (χ0v) is 9.79. The van der Waals surface area contributed by atoms with Crippen LogP contribution in [0.3, 0.4) is 0 Å². The Hall–Kier alpha value is -1.36. The first kappa shape index (κ1) is 11.1. The van der Waals surface area contributed by atoms with Gasteiger partial charge in [0.1, 0.15) is 0 Å². The van der Waals surface area contributed by atoms with Gasteiger partial charge in [-0.05, 0) is 33.4 Å². The number of rotatable bonds is 4. The van der Waals surface area contributed by atoms with E-state index in [0.717, 1.165) is 12.8 Å². The molecule has 5 heteroatoms. The van der Waals surface area contributed by atoms with Crippen molar-refractivity contribution in [3.05, 3.63) is 18.0 Å². The molecule has 1 aromatic heterocycles. The van der Waals surface area contributed by atoms with Crippen LogP contribution in [0, 0.1) is 0 Å². The van der Waals surface area contributed by atoms with Crippen LogP contribution in [0.25, 0.3) is 0 Å². The van der Waals surface area contributed by atoms with Crippen LogP contribution in [-0.4, -0.2) is 47.2 Å². The van der Waals surface area contributed by atoms with Crippen LogP contribution in [0.1, 0.15) is 29.6 Å². The average Bonchev–Trinajstić information content (AvgIpc) is 2.67. The van der Waals surface area contributed by atoms with Gasteiger partial charge < -0.3 is 10.2 Å². The monoisotopic (exact) mass is 222 g/mol. The second kappa shape index (κ2) is 4.25. The molecule has 0 bridgehead atoms. The Balaban J connectivity index is 1.90. The molecule has 5 nitrogen and oxygen atoms in total. The lowest BCUT2D eigenvalue weighted by atomic mass is 9.75. The third-order valence-electron chi connectivity index (χ3n) is 3.57. The number of nitrogens with one attached hydrogen (secondary N) is 2. The zero-order chi connectivity index (χ0) is 11.6. The van der Waals surface area contributed by atoms with Crippen LogP contribution in [0.4, 0.5) is 0 Å². The summed E-state index contributed by atoms with van der Waals surface area (Å²) in [5.74, 6) is -0.0538.